The zero-order valence-corrected chi connectivity index (χ0v) is 12.9. The van der Waals surface area contributed by atoms with Crippen LogP contribution in [0.15, 0.2) is 36.7 Å². The van der Waals surface area contributed by atoms with Crippen LogP contribution in [0.25, 0.3) is 0 Å². The van der Waals surface area contributed by atoms with Gasteiger partial charge in [-0.15, -0.1) is 0 Å². The number of fused-ring (bicyclic) bond motifs is 1. The van der Waals surface area contributed by atoms with Crippen LogP contribution >= 0.6 is 0 Å². The lowest BCUT2D eigenvalue weighted by Gasteiger charge is -2.18. The van der Waals surface area contributed by atoms with Crippen LogP contribution in [0.5, 0.6) is 0 Å². The topological polar surface area (TPSA) is 81.5 Å². The predicted octanol–water partition coefficient (Wildman–Crippen LogP) is 2.01. The summed E-state index contributed by atoms with van der Waals surface area (Å²) in [6, 6.07) is 6.31. The first-order valence-corrected chi connectivity index (χ1v) is 7.04. The molecule has 0 aliphatic carbocycles. The molecule has 0 atom stereocenters. The maximum absolute atomic E-state index is 12.2. The summed E-state index contributed by atoms with van der Waals surface area (Å²) in [4.78, 5) is 41.4. The van der Waals surface area contributed by atoms with E-state index in [1.165, 1.54) is 24.5 Å². The number of imide groups is 1. The first-order chi connectivity index (χ1) is 10.8. The highest BCUT2D eigenvalue weighted by Gasteiger charge is 2.39. The maximum Gasteiger partial charge on any atom is 0.367 e. The molecule has 118 valence electrons. The number of carbonyl (C=O) groups is 3. The van der Waals surface area contributed by atoms with Gasteiger partial charge < -0.3 is 4.84 Å². The molecular formula is C16H15N3O4. The Hall–Kier alpha value is -2.96. The van der Waals surface area contributed by atoms with Crippen LogP contribution in [-0.4, -0.2) is 32.6 Å². The molecule has 1 aliphatic rings. The average molecular weight is 313 g/mol. The van der Waals surface area contributed by atoms with Crippen molar-refractivity contribution in [2.24, 2.45) is 0 Å². The van der Waals surface area contributed by atoms with Crippen molar-refractivity contribution in [3.8, 4) is 0 Å². The number of hydroxylamine groups is 2. The molecule has 0 fully saturated rings. The Bertz CT molecular complexity index is 782. The summed E-state index contributed by atoms with van der Waals surface area (Å²) >= 11 is 0. The van der Waals surface area contributed by atoms with Gasteiger partial charge in [0.25, 0.3) is 11.8 Å². The minimum atomic E-state index is -0.810. The molecule has 3 rings (SSSR count). The molecule has 0 saturated heterocycles. The average Bonchev–Trinajstić information content (AvgIpc) is 3.08. The van der Waals surface area contributed by atoms with Gasteiger partial charge >= 0.3 is 5.97 Å². The number of hydrogen-bond acceptors (Lipinski definition) is 5. The van der Waals surface area contributed by atoms with Gasteiger partial charge in [-0.1, -0.05) is 17.2 Å². The fraction of sp³-hybridized carbons (Fsp3) is 0.250. The second-order valence-electron chi connectivity index (χ2n) is 6.17. The monoisotopic (exact) mass is 313 g/mol. The first-order valence-electron chi connectivity index (χ1n) is 7.04. The van der Waals surface area contributed by atoms with E-state index >= 15 is 0 Å². The smallest absolute Gasteiger partial charge is 0.324 e. The van der Waals surface area contributed by atoms with Crippen molar-refractivity contribution in [2.75, 3.05) is 0 Å². The fourth-order valence-corrected chi connectivity index (χ4v) is 2.18. The molecular weight excluding hydrogens is 298 g/mol. The third kappa shape index (κ3) is 2.50. The molecule has 2 heterocycles. The van der Waals surface area contributed by atoms with Gasteiger partial charge in [0.05, 0.1) is 28.4 Å². The van der Waals surface area contributed by atoms with E-state index in [1.807, 2.05) is 20.8 Å². The van der Waals surface area contributed by atoms with E-state index in [4.69, 9.17) is 4.84 Å². The third-order valence-electron chi connectivity index (χ3n) is 3.44. The Morgan fingerprint density at radius 3 is 2.13 bits per heavy atom. The molecule has 0 unspecified atom stereocenters. The van der Waals surface area contributed by atoms with E-state index in [-0.39, 0.29) is 22.2 Å². The third-order valence-corrected chi connectivity index (χ3v) is 3.44. The van der Waals surface area contributed by atoms with E-state index in [9.17, 15) is 14.4 Å². The van der Waals surface area contributed by atoms with Crippen molar-refractivity contribution >= 4 is 17.8 Å². The van der Waals surface area contributed by atoms with Crippen molar-refractivity contribution < 1.29 is 19.2 Å². The SMILES string of the molecule is CC(C)(C)n1cc(C(=O)ON2C(=O)c3ccccc3C2=O)cn1. The Morgan fingerprint density at radius 2 is 1.65 bits per heavy atom. The number of aromatic nitrogens is 2. The minimum Gasteiger partial charge on any atom is -0.324 e. The molecule has 0 spiro atoms. The summed E-state index contributed by atoms with van der Waals surface area (Å²) in [5.74, 6) is -2.11. The number of amides is 2. The van der Waals surface area contributed by atoms with Crippen molar-refractivity contribution in [1.29, 1.82) is 0 Å². The molecule has 1 aromatic carbocycles. The number of benzene rings is 1. The summed E-state index contributed by atoms with van der Waals surface area (Å²) in [7, 11) is 0. The molecule has 0 radical (unpaired) electrons. The molecule has 2 aromatic rings. The van der Waals surface area contributed by atoms with Crippen LogP contribution in [0, 0.1) is 0 Å². The molecule has 1 aromatic heterocycles. The lowest BCUT2D eigenvalue weighted by molar-refractivity contribution is -0.0584. The normalized spacial score (nSPS) is 14.1. The quantitative estimate of drug-likeness (QED) is 0.792. The lowest BCUT2D eigenvalue weighted by Crippen LogP contribution is -2.32. The molecule has 7 nitrogen and oxygen atoms in total. The Balaban J connectivity index is 1.81. The summed E-state index contributed by atoms with van der Waals surface area (Å²) in [6.07, 6.45) is 2.85. The van der Waals surface area contributed by atoms with Gasteiger partial charge in [0.1, 0.15) is 0 Å². The number of carbonyl (C=O) groups excluding carboxylic acids is 3. The van der Waals surface area contributed by atoms with Crippen molar-refractivity contribution in [1.82, 2.24) is 14.8 Å². The van der Waals surface area contributed by atoms with E-state index in [0.29, 0.717) is 5.06 Å². The van der Waals surface area contributed by atoms with Gasteiger partial charge in [0.15, 0.2) is 0 Å². The number of nitrogens with zero attached hydrogens (tertiary/aromatic N) is 3. The summed E-state index contributed by atoms with van der Waals surface area (Å²) in [5.41, 5.74) is 0.302. The highest BCUT2D eigenvalue weighted by atomic mass is 16.7. The molecule has 1 aliphatic heterocycles. The van der Waals surface area contributed by atoms with Gasteiger partial charge in [-0.25, -0.2) is 4.79 Å². The molecule has 0 saturated carbocycles. The highest BCUT2D eigenvalue weighted by Crippen LogP contribution is 2.23. The van der Waals surface area contributed by atoms with E-state index in [0.717, 1.165) is 0 Å². The van der Waals surface area contributed by atoms with Crippen molar-refractivity contribution in [2.45, 2.75) is 26.3 Å². The fourth-order valence-electron chi connectivity index (χ4n) is 2.18. The van der Waals surface area contributed by atoms with E-state index < -0.39 is 17.8 Å². The van der Waals surface area contributed by atoms with Gasteiger partial charge in [-0.05, 0) is 32.9 Å². The van der Waals surface area contributed by atoms with Crippen LogP contribution in [0.4, 0.5) is 0 Å². The molecule has 0 bridgehead atoms. The zero-order valence-electron chi connectivity index (χ0n) is 12.9. The minimum absolute atomic E-state index is 0.163. The Labute approximate surface area is 132 Å². The summed E-state index contributed by atoms with van der Waals surface area (Å²) < 4.78 is 1.60. The van der Waals surface area contributed by atoms with E-state index in [2.05, 4.69) is 5.10 Å². The first kappa shape index (κ1) is 15.0. The zero-order chi connectivity index (χ0) is 16.8. The van der Waals surface area contributed by atoms with Crippen LogP contribution in [0.1, 0.15) is 51.8 Å². The molecule has 7 heteroatoms. The second kappa shape index (κ2) is 5.05. The van der Waals surface area contributed by atoms with Crippen LogP contribution in [0.3, 0.4) is 0 Å². The van der Waals surface area contributed by atoms with E-state index in [1.54, 1.807) is 16.8 Å². The largest absolute Gasteiger partial charge is 0.367 e. The summed E-state index contributed by atoms with van der Waals surface area (Å²) in [6.45, 7) is 5.79. The predicted molar refractivity (Wildman–Crippen MR) is 79.6 cm³/mol. The standard InChI is InChI=1S/C16H15N3O4/c1-16(2,3)18-9-10(8-17-18)15(22)23-19-13(20)11-6-4-5-7-12(11)14(19)21/h4-9H,1-3H3. The van der Waals surface area contributed by atoms with Gasteiger partial charge in [-0.2, -0.15) is 5.10 Å². The van der Waals surface area contributed by atoms with Gasteiger partial charge in [-0.3, -0.25) is 14.3 Å². The Morgan fingerprint density at radius 1 is 1.09 bits per heavy atom. The maximum atomic E-state index is 12.2. The highest BCUT2D eigenvalue weighted by molar-refractivity contribution is 6.21. The van der Waals surface area contributed by atoms with Gasteiger partial charge in [0.2, 0.25) is 0 Å². The van der Waals surface area contributed by atoms with Crippen LogP contribution in [0.2, 0.25) is 0 Å². The lowest BCUT2D eigenvalue weighted by atomic mass is 10.1. The van der Waals surface area contributed by atoms with Gasteiger partial charge in [0, 0.05) is 6.20 Å². The molecule has 23 heavy (non-hydrogen) atoms. The Kier molecular flexibility index (Phi) is 3.28. The van der Waals surface area contributed by atoms with Crippen LogP contribution in [-0.2, 0) is 10.4 Å². The number of rotatable bonds is 2. The second-order valence-corrected chi connectivity index (χ2v) is 6.17. The summed E-state index contributed by atoms with van der Waals surface area (Å²) in [5, 5.41) is 4.58. The van der Waals surface area contributed by atoms with Crippen molar-refractivity contribution in [3.05, 3.63) is 53.3 Å². The van der Waals surface area contributed by atoms with Crippen LogP contribution < -0.4 is 0 Å². The molecule has 2 amide bonds. The van der Waals surface area contributed by atoms with Crippen molar-refractivity contribution in [3.63, 3.8) is 0 Å². The number of hydrogen-bond donors (Lipinski definition) is 0. The molecule has 0 N–H and O–H groups in total.